The van der Waals surface area contributed by atoms with E-state index in [1.165, 1.54) is 11.3 Å². The normalized spacial score (nSPS) is 11.1. The number of carbonyl (C=O) groups is 1. The van der Waals surface area contributed by atoms with Gasteiger partial charge in [0.15, 0.2) is 0 Å². The van der Waals surface area contributed by atoms with Gasteiger partial charge < -0.3 is 5.32 Å². The minimum atomic E-state index is -0.167. The Bertz CT molecular complexity index is 1150. The third kappa shape index (κ3) is 4.27. The van der Waals surface area contributed by atoms with Crippen molar-refractivity contribution >= 4 is 28.8 Å². The third-order valence-electron chi connectivity index (χ3n) is 4.60. The number of halogens is 1. The second-order valence-corrected chi connectivity index (χ2v) is 8.41. The van der Waals surface area contributed by atoms with Crippen molar-refractivity contribution in [2.45, 2.75) is 26.3 Å². The Morgan fingerprint density at radius 3 is 2.60 bits per heavy atom. The number of rotatable bonds is 6. The highest BCUT2D eigenvalue weighted by Crippen LogP contribution is 2.25. The highest BCUT2D eigenvalue weighted by atomic mass is 35.5. The quantitative estimate of drug-likeness (QED) is 0.455. The molecule has 0 fully saturated rings. The molecule has 4 rings (SSSR count). The molecule has 0 saturated carbocycles. The summed E-state index contributed by atoms with van der Waals surface area (Å²) in [5.41, 5.74) is 4.16. The van der Waals surface area contributed by atoms with Crippen molar-refractivity contribution in [1.29, 1.82) is 0 Å². The fourth-order valence-electron chi connectivity index (χ4n) is 3.17. The van der Waals surface area contributed by atoms with Crippen LogP contribution in [0.15, 0.2) is 60.4 Å². The van der Waals surface area contributed by atoms with Gasteiger partial charge in [-0.25, -0.2) is 9.67 Å². The van der Waals surface area contributed by atoms with Gasteiger partial charge in [0, 0.05) is 28.4 Å². The molecule has 30 heavy (non-hydrogen) atoms. The Kier molecular flexibility index (Phi) is 5.92. The van der Waals surface area contributed by atoms with Gasteiger partial charge in [0.05, 0.1) is 35.4 Å². The number of benzene rings is 1. The molecule has 0 spiro atoms. The van der Waals surface area contributed by atoms with Crippen LogP contribution in [0.2, 0.25) is 5.02 Å². The smallest absolute Gasteiger partial charge is 0.255 e. The molecule has 0 aliphatic rings. The minimum Gasteiger partial charge on any atom is -0.345 e. The number of hydrogen-bond acceptors (Lipinski definition) is 5. The summed E-state index contributed by atoms with van der Waals surface area (Å²) in [5.74, 6) is -0.0540. The SMILES string of the molecule is CC(C)c1c(C(=O)NCc2nc(-c3ccncc3)cs2)cnn1-c1ccc(Cl)cc1. The van der Waals surface area contributed by atoms with Gasteiger partial charge in [0.2, 0.25) is 0 Å². The average molecular weight is 438 g/mol. The van der Waals surface area contributed by atoms with E-state index >= 15 is 0 Å². The van der Waals surface area contributed by atoms with Gasteiger partial charge in [-0.1, -0.05) is 25.4 Å². The van der Waals surface area contributed by atoms with Gasteiger partial charge in [-0.2, -0.15) is 5.10 Å². The van der Waals surface area contributed by atoms with Gasteiger partial charge in [0.1, 0.15) is 5.01 Å². The Hall–Kier alpha value is -3.03. The molecule has 0 atom stereocenters. The number of pyridine rings is 1. The maximum Gasteiger partial charge on any atom is 0.255 e. The molecule has 0 bridgehead atoms. The van der Waals surface area contributed by atoms with Crippen LogP contribution in [0, 0.1) is 0 Å². The molecule has 3 heterocycles. The Morgan fingerprint density at radius 1 is 1.17 bits per heavy atom. The first kappa shape index (κ1) is 20.3. The summed E-state index contributed by atoms with van der Waals surface area (Å²) in [7, 11) is 0. The standard InChI is InChI=1S/C22H20ClN5OS/c1-14(2)21-18(11-26-28(21)17-5-3-16(23)4-6-17)22(29)25-12-20-27-19(13-30-20)15-7-9-24-10-8-15/h3-11,13-14H,12H2,1-2H3,(H,25,29). The van der Waals surface area contributed by atoms with Gasteiger partial charge in [-0.3, -0.25) is 9.78 Å². The van der Waals surface area contributed by atoms with Crippen molar-refractivity contribution in [3.63, 3.8) is 0 Å². The lowest BCUT2D eigenvalue weighted by Crippen LogP contribution is -2.24. The zero-order chi connectivity index (χ0) is 21.1. The molecule has 8 heteroatoms. The van der Waals surface area contributed by atoms with Crippen molar-refractivity contribution in [1.82, 2.24) is 25.1 Å². The Labute approximate surface area is 183 Å². The number of nitrogens with zero attached hydrogens (tertiary/aromatic N) is 4. The van der Waals surface area contributed by atoms with E-state index in [4.69, 9.17) is 11.6 Å². The van der Waals surface area contributed by atoms with E-state index < -0.39 is 0 Å². The number of carbonyl (C=O) groups excluding carboxylic acids is 1. The minimum absolute atomic E-state index is 0.113. The van der Waals surface area contributed by atoms with E-state index in [1.54, 1.807) is 23.3 Å². The van der Waals surface area contributed by atoms with Crippen LogP contribution in [0.25, 0.3) is 16.9 Å². The Morgan fingerprint density at radius 2 is 1.90 bits per heavy atom. The molecule has 0 unspecified atom stereocenters. The summed E-state index contributed by atoms with van der Waals surface area (Å²) in [5, 5.41) is 10.9. The molecule has 1 N–H and O–H groups in total. The predicted octanol–water partition coefficient (Wildman–Crippen LogP) is 5.10. The van der Waals surface area contributed by atoms with E-state index in [0.717, 1.165) is 27.6 Å². The van der Waals surface area contributed by atoms with E-state index in [2.05, 4.69) is 20.4 Å². The first-order valence-electron chi connectivity index (χ1n) is 9.50. The number of hydrogen-bond donors (Lipinski definition) is 1. The molecule has 0 radical (unpaired) electrons. The first-order valence-corrected chi connectivity index (χ1v) is 10.8. The second kappa shape index (κ2) is 8.77. The number of aromatic nitrogens is 4. The van der Waals surface area contributed by atoms with Gasteiger partial charge >= 0.3 is 0 Å². The monoisotopic (exact) mass is 437 g/mol. The van der Waals surface area contributed by atoms with Crippen LogP contribution in [0.5, 0.6) is 0 Å². The van der Waals surface area contributed by atoms with Crippen molar-refractivity contribution in [2.75, 3.05) is 0 Å². The average Bonchev–Trinajstić information content (AvgIpc) is 3.41. The molecule has 1 aromatic carbocycles. The first-order chi connectivity index (χ1) is 14.5. The molecule has 0 aliphatic heterocycles. The van der Waals surface area contributed by atoms with Crippen molar-refractivity contribution in [3.05, 3.63) is 81.7 Å². The van der Waals surface area contributed by atoms with Crippen LogP contribution >= 0.6 is 22.9 Å². The van der Waals surface area contributed by atoms with Gasteiger partial charge in [-0.05, 0) is 42.3 Å². The number of thiazole rings is 1. The molecule has 1 amide bonds. The number of amides is 1. The van der Waals surface area contributed by atoms with Crippen LogP contribution < -0.4 is 5.32 Å². The highest BCUT2D eigenvalue weighted by Gasteiger charge is 2.21. The zero-order valence-corrected chi connectivity index (χ0v) is 18.1. The molecule has 0 aliphatic carbocycles. The summed E-state index contributed by atoms with van der Waals surface area (Å²) < 4.78 is 1.79. The lowest BCUT2D eigenvalue weighted by Gasteiger charge is -2.13. The summed E-state index contributed by atoms with van der Waals surface area (Å²) in [6.07, 6.45) is 5.09. The van der Waals surface area contributed by atoms with E-state index in [-0.39, 0.29) is 11.8 Å². The zero-order valence-electron chi connectivity index (χ0n) is 16.5. The predicted molar refractivity (Wildman–Crippen MR) is 119 cm³/mol. The number of nitrogens with one attached hydrogen (secondary N) is 1. The largest absolute Gasteiger partial charge is 0.345 e. The maximum absolute atomic E-state index is 12.9. The summed E-state index contributed by atoms with van der Waals surface area (Å²) in [4.78, 5) is 21.5. The second-order valence-electron chi connectivity index (χ2n) is 7.03. The summed E-state index contributed by atoms with van der Waals surface area (Å²) >= 11 is 7.51. The summed E-state index contributed by atoms with van der Waals surface area (Å²) in [6.45, 7) is 4.45. The topological polar surface area (TPSA) is 72.7 Å². The van der Waals surface area contributed by atoms with Crippen LogP contribution in [0.1, 0.15) is 40.8 Å². The Balaban J connectivity index is 1.51. The van der Waals surface area contributed by atoms with Crippen LogP contribution in [-0.2, 0) is 6.54 Å². The van der Waals surface area contributed by atoms with Gasteiger partial charge in [-0.15, -0.1) is 11.3 Å². The fourth-order valence-corrected chi connectivity index (χ4v) is 4.04. The highest BCUT2D eigenvalue weighted by molar-refractivity contribution is 7.09. The van der Waals surface area contributed by atoms with E-state index in [0.29, 0.717) is 17.1 Å². The molecule has 3 aromatic heterocycles. The van der Waals surface area contributed by atoms with Crippen molar-refractivity contribution < 1.29 is 4.79 Å². The van der Waals surface area contributed by atoms with Crippen molar-refractivity contribution in [2.24, 2.45) is 0 Å². The molecule has 152 valence electrons. The molecular weight excluding hydrogens is 418 g/mol. The van der Waals surface area contributed by atoms with Crippen LogP contribution in [-0.4, -0.2) is 25.7 Å². The molecule has 0 saturated heterocycles. The molecule has 6 nitrogen and oxygen atoms in total. The molecular formula is C22H20ClN5OS. The summed E-state index contributed by atoms with van der Waals surface area (Å²) in [6, 6.07) is 11.2. The third-order valence-corrected chi connectivity index (χ3v) is 5.70. The fraction of sp³-hybridized carbons (Fsp3) is 0.182. The maximum atomic E-state index is 12.9. The lowest BCUT2D eigenvalue weighted by atomic mass is 10.1. The van der Waals surface area contributed by atoms with E-state index in [1.807, 2.05) is 55.6 Å². The molecule has 4 aromatic rings. The van der Waals surface area contributed by atoms with E-state index in [9.17, 15) is 4.79 Å². The van der Waals surface area contributed by atoms with Gasteiger partial charge in [0.25, 0.3) is 5.91 Å². The lowest BCUT2D eigenvalue weighted by molar-refractivity contribution is 0.0949. The van der Waals surface area contributed by atoms with Crippen LogP contribution in [0.4, 0.5) is 0 Å². The van der Waals surface area contributed by atoms with Crippen LogP contribution in [0.3, 0.4) is 0 Å². The van der Waals surface area contributed by atoms with Crippen molar-refractivity contribution in [3.8, 4) is 16.9 Å².